The van der Waals surface area contributed by atoms with Crippen molar-refractivity contribution in [2.24, 2.45) is 0 Å². The quantitative estimate of drug-likeness (QED) is 0.362. The molecule has 1 aliphatic heterocycles. The van der Waals surface area contributed by atoms with Gasteiger partial charge in [-0.1, -0.05) is 12.1 Å². The number of rotatable bonds is 9. The molecule has 2 aromatic rings. The van der Waals surface area contributed by atoms with Crippen LogP contribution < -0.4 is 11.2 Å². The van der Waals surface area contributed by atoms with Crippen molar-refractivity contribution in [2.75, 3.05) is 13.7 Å². The fourth-order valence-electron chi connectivity index (χ4n) is 3.08. The molecule has 0 saturated carbocycles. The molecule has 2 amide bonds. The molecule has 2 heterocycles. The second-order valence-electron chi connectivity index (χ2n) is 6.67. The number of H-pyrrole nitrogens is 1. The molecular weight excluding hydrogens is 394 g/mol. The molecule has 10 heteroatoms. The topological polar surface area (TPSA) is 128 Å². The number of carbonyl (C=O) groups is 3. The van der Waals surface area contributed by atoms with Gasteiger partial charge < -0.3 is 9.30 Å². The Morgan fingerprint density at radius 2 is 1.70 bits per heavy atom. The summed E-state index contributed by atoms with van der Waals surface area (Å²) in [6.07, 6.45) is 2.84. The van der Waals surface area contributed by atoms with Crippen molar-refractivity contribution in [1.29, 1.82) is 0 Å². The molecule has 0 saturated heterocycles. The Labute approximate surface area is 171 Å². The number of unbranched alkanes of at least 4 members (excludes halogenated alkanes) is 1. The highest BCUT2D eigenvalue weighted by Crippen LogP contribution is 2.22. The number of hydrogen-bond acceptors (Lipinski definition) is 7. The number of methoxy groups -OCH3 is 1. The minimum Gasteiger partial charge on any atom is -0.469 e. The van der Waals surface area contributed by atoms with E-state index in [9.17, 15) is 24.0 Å². The third-order valence-corrected chi connectivity index (χ3v) is 4.69. The predicted octanol–water partition coefficient (Wildman–Crippen LogP) is 0.650. The SMILES string of the molecule is COC(=O)CCCCn1cc(CCON2C(=O)c3ccccc3C2=O)c(=O)[nH]c1=O. The number of imide groups is 1. The number of hydroxylamine groups is 2. The van der Waals surface area contributed by atoms with Crippen LogP contribution in [-0.2, 0) is 27.3 Å². The van der Waals surface area contributed by atoms with E-state index < -0.39 is 23.1 Å². The van der Waals surface area contributed by atoms with E-state index in [-0.39, 0.29) is 42.1 Å². The first-order chi connectivity index (χ1) is 14.4. The van der Waals surface area contributed by atoms with E-state index in [0.29, 0.717) is 24.4 Å². The number of nitrogens with one attached hydrogen (secondary N) is 1. The molecule has 1 aromatic carbocycles. The first kappa shape index (κ1) is 21.2. The monoisotopic (exact) mass is 415 g/mol. The molecule has 0 atom stereocenters. The Kier molecular flexibility index (Phi) is 6.58. The average Bonchev–Trinajstić information content (AvgIpc) is 2.98. The van der Waals surface area contributed by atoms with E-state index in [4.69, 9.17) is 4.84 Å². The normalized spacial score (nSPS) is 12.9. The van der Waals surface area contributed by atoms with Crippen LogP contribution in [0.1, 0.15) is 45.5 Å². The van der Waals surface area contributed by atoms with Gasteiger partial charge in [-0.2, -0.15) is 0 Å². The van der Waals surface area contributed by atoms with Crippen molar-refractivity contribution in [1.82, 2.24) is 14.6 Å². The lowest BCUT2D eigenvalue weighted by molar-refractivity contribution is -0.140. The number of aryl methyl sites for hydroxylation is 1. The summed E-state index contributed by atoms with van der Waals surface area (Å²) in [6, 6.07) is 6.39. The molecule has 0 aliphatic carbocycles. The smallest absolute Gasteiger partial charge is 0.328 e. The number of nitrogens with zero attached hydrogens (tertiary/aromatic N) is 2. The number of aromatic nitrogens is 2. The standard InChI is InChI=1S/C20H21N3O7/c1-29-16(24)8-4-5-10-22-12-13(17(25)21-20(22)28)9-11-30-23-18(26)14-6-2-3-7-15(14)19(23)27/h2-3,6-7,12H,4-5,8-11H2,1H3,(H,21,25,28). The summed E-state index contributed by atoms with van der Waals surface area (Å²) in [6.45, 7) is 0.216. The average molecular weight is 415 g/mol. The molecule has 158 valence electrons. The van der Waals surface area contributed by atoms with Crippen molar-refractivity contribution >= 4 is 17.8 Å². The molecule has 0 radical (unpaired) electrons. The van der Waals surface area contributed by atoms with Gasteiger partial charge in [0.25, 0.3) is 17.4 Å². The van der Waals surface area contributed by atoms with Gasteiger partial charge >= 0.3 is 11.7 Å². The summed E-state index contributed by atoms with van der Waals surface area (Å²) >= 11 is 0. The summed E-state index contributed by atoms with van der Waals surface area (Å²) in [4.78, 5) is 67.2. The fraction of sp³-hybridized carbons (Fsp3) is 0.350. The summed E-state index contributed by atoms with van der Waals surface area (Å²) in [7, 11) is 1.31. The lowest BCUT2D eigenvalue weighted by Crippen LogP contribution is -2.34. The number of ether oxygens (including phenoxy) is 1. The van der Waals surface area contributed by atoms with Crippen molar-refractivity contribution in [3.63, 3.8) is 0 Å². The van der Waals surface area contributed by atoms with Crippen molar-refractivity contribution in [3.05, 3.63) is 68.0 Å². The number of carbonyl (C=O) groups excluding carboxylic acids is 3. The number of esters is 1. The van der Waals surface area contributed by atoms with Crippen LogP contribution in [0.25, 0.3) is 0 Å². The van der Waals surface area contributed by atoms with Crippen LogP contribution >= 0.6 is 0 Å². The zero-order valence-corrected chi connectivity index (χ0v) is 16.4. The zero-order chi connectivity index (χ0) is 21.7. The van der Waals surface area contributed by atoms with E-state index in [0.717, 1.165) is 0 Å². The molecule has 0 unspecified atom stereocenters. The van der Waals surface area contributed by atoms with Gasteiger partial charge in [0.2, 0.25) is 0 Å². The maximum absolute atomic E-state index is 12.3. The Morgan fingerprint density at radius 3 is 2.33 bits per heavy atom. The Morgan fingerprint density at radius 1 is 1.03 bits per heavy atom. The van der Waals surface area contributed by atoms with Gasteiger partial charge in [0.1, 0.15) is 0 Å². The summed E-state index contributed by atoms with van der Waals surface area (Å²) < 4.78 is 5.91. The van der Waals surface area contributed by atoms with Crippen LogP contribution in [0.15, 0.2) is 40.1 Å². The first-order valence-corrected chi connectivity index (χ1v) is 9.42. The summed E-state index contributed by atoms with van der Waals surface area (Å²) in [5.74, 6) is -1.44. The first-order valence-electron chi connectivity index (χ1n) is 9.42. The largest absolute Gasteiger partial charge is 0.469 e. The van der Waals surface area contributed by atoms with Crippen molar-refractivity contribution in [3.8, 4) is 0 Å². The molecule has 1 aromatic heterocycles. The highest BCUT2D eigenvalue weighted by atomic mass is 16.7. The lowest BCUT2D eigenvalue weighted by atomic mass is 10.1. The van der Waals surface area contributed by atoms with Gasteiger partial charge in [-0.15, -0.1) is 5.06 Å². The predicted molar refractivity (Wildman–Crippen MR) is 104 cm³/mol. The number of benzene rings is 1. The molecule has 1 N–H and O–H groups in total. The molecule has 0 fully saturated rings. The second kappa shape index (κ2) is 9.31. The fourth-order valence-corrected chi connectivity index (χ4v) is 3.08. The van der Waals surface area contributed by atoms with E-state index >= 15 is 0 Å². The van der Waals surface area contributed by atoms with Crippen LogP contribution in [0.3, 0.4) is 0 Å². The van der Waals surface area contributed by atoms with Crippen LogP contribution in [0, 0.1) is 0 Å². The van der Waals surface area contributed by atoms with Crippen molar-refractivity contribution < 1.29 is 24.0 Å². The highest BCUT2D eigenvalue weighted by molar-refractivity contribution is 6.20. The van der Waals surface area contributed by atoms with Crippen LogP contribution in [0.4, 0.5) is 0 Å². The maximum atomic E-state index is 12.3. The number of amides is 2. The van der Waals surface area contributed by atoms with Gasteiger partial charge in [0.15, 0.2) is 0 Å². The molecule has 3 rings (SSSR count). The third-order valence-electron chi connectivity index (χ3n) is 4.69. The molecule has 30 heavy (non-hydrogen) atoms. The summed E-state index contributed by atoms with van der Waals surface area (Å²) in [5.41, 5.74) is -0.305. The second-order valence-corrected chi connectivity index (χ2v) is 6.67. The molecule has 0 spiro atoms. The maximum Gasteiger partial charge on any atom is 0.328 e. The van der Waals surface area contributed by atoms with Gasteiger partial charge in [0.05, 0.1) is 24.8 Å². The Balaban J connectivity index is 1.59. The number of hydrogen-bond donors (Lipinski definition) is 1. The van der Waals surface area contributed by atoms with Gasteiger partial charge in [-0.25, -0.2) is 4.79 Å². The lowest BCUT2D eigenvalue weighted by Gasteiger charge is -2.13. The van der Waals surface area contributed by atoms with Gasteiger partial charge in [-0.3, -0.25) is 29.0 Å². The van der Waals surface area contributed by atoms with Crippen LogP contribution in [0.2, 0.25) is 0 Å². The van der Waals surface area contributed by atoms with Gasteiger partial charge in [-0.05, 0) is 25.0 Å². The number of fused-ring (bicyclic) bond motifs is 1. The third kappa shape index (κ3) is 4.54. The van der Waals surface area contributed by atoms with Crippen LogP contribution in [0.5, 0.6) is 0 Å². The molecular formula is C20H21N3O7. The van der Waals surface area contributed by atoms with Crippen molar-refractivity contribution in [2.45, 2.75) is 32.2 Å². The van der Waals surface area contributed by atoms with E-state index in [1.54, 1.807) is 24.3 Å². The Hall–Kier alpha value is -3.53. The highest BCUT2D eigenvalue weighted by Gasteiger charge is 2.36. The molecule has 0 bridgehead atoms. The van der Waals surface area contributed by atoms with E-state index in [2.05, 4.69) is 9.72 Å². The number of aromatic amines is 1. The van der Waals surface area contributed by atoms with E-state index in [1.165, 1.54) is 17.9 Å². The zero-order valence-electron chi connectivity index (χ0n) is 16.4. The van der Waals surface area contributed by atoms with Crippen LogP contribution in [-0.4, -0.2) is 46.1 Å². The van der Waals surface area contributed by atoms with Gasteiger partial charge in [0, 0.05) is 31.1 Å². The Bertz CT molecular complexity index is 1050. The summed E-state index contributed by atoms with van der Waals surface area (Å²) in [5, 5.41) is 0.682. The minimum absolute atomic E-state index is 0.0885. The molecule has 1 aliphatic rings. The van der Waals surface area contributed by atoms with E-state index in [1.807, 2.05) is 0 Å². The minimum atomic E-state index is -0.559. The molecule has 10 nitrogen and oxygen atoms in total.